The lowest BCUT2D eigenvalue weighted by molar-refractivity contribution is -0.135. The van der Waals surface area contributed by atoms with Gasteiger partial charge in [-0.3, -0.25) is 19.1 Å². The van der Waals surface area contributed by atoms with Gasteiger partial charge in [-0.15, -0.1) is 38.8 Å². The van der Waals surface area contributed by atoms with Gasteiger partial charge in [0.05, 0.1) is 5.69 Å². The van der Waals surface area contributed by atoms with Crippen LogP contribution in [-0.4, -0.2) is 90.9 Å². The van der Waals surface area contributed by atoms with Crippen molar-refractivity contribution >= 4 is 67.7 Å². The van der Waals surface area contributed by atoms with Gasteiger partial charge in [0, 0.05) is 54.8 Å². The zero-order valence-corrected chi connectivity index (χ0v) is 24.6. The molecular weight excluding hydrogens is 587 g/mol. The van der Waals surface area contributed by atoms with Crippen molar-refractivity contribution in [3.8, 4) is 0 Å². The van der Waals surface area contributed by atoms with Gasteiger partial charge in [0.1, 0.15) is 6.04 Å². The van der Waals surface area contributed by atoms with Crippen molar-refractivity contribution in [1.82, 2.24) is 35.4 Å². The molecule has 0 aliphatic carbocycles. The summed E-state index contributed by atoms with van der Waals surface area (Å²) in [6.07, 6.45) is 5.15. The summed E-state index contributed by atoms with van der Waals surface area (Å²) >= 11 is 4.51. The van der Waals surface area contributed by atoms with Crippen molar-refractivity contribution in [3.05, 3.63) is 11.9 Å². The van der Waals surface area contributed by atoms with Crippen molar-refractivity contribution < 1.29 is 22.8 Å². The predicted molar refractivity (Wildman–Crippen MR) is 149 cm³/mol. The molecule has 2 fully saturated rings. The van der Waals surface area contributed by atoms with Crippen LogP contribution in [0.25, 0.3) is 0 Å². The monoisotopic (exact) mass is 617 g/mol. The highest BCUT2D eigenvalue weighted by molar-refractivity contribution is 8.19. The number of likely N-dealkylation sites (tertiary alicyclic amines) is 1. The van der Waals surface area contributed by atoms with E-state index < -0.39 is 16.1 Å². The third kappa shape index (κ3) is 8.60. The van der Waals surface area contributed by atoms with Crippen LogP contribution in [0.1, 0.15) is 44.7 Å². The minimum atomic E-state index is -3.96. The van der Waals surface area contributed by atoms with E-state index >= 15 is 0 Å². The van der Waals surface area contributed by atoms with Gasteiger partial charge in [-0.25, -0.2) is 13.6 Å². The van der Waals surface area contributed by atoms with E-state index in [1.807, 2.05) is 34.6 Å². The zero-order valence-electron chi connectivity index (χ0n) is 21.3. The van der Waals surface area contributed by atoms with E-state index in [1.54, 1.807) is 4.68 Å². The predicted octanol–water partition coefficient (Wildman–Crippen LogP) is 0.430. The quantitative estimate of drug-likeness (QED) is 0.208. The number of rotatable bonds is 13. The third-order valence-corrected chi connectivity index (χ3v) is 11.4. The number of nitrogens with two attached hydrogens (primary N) is 1. The normalized spacial score (nSPS) is 19.6. The summed E-state index contributed by atoms with van der Waals surface area (Å²) in [5, 5.41) is 27.8. The van der Waals surface area contributed by atoms with Crippen molar-refractivity contribution in [2.45, 2.75) is 72.9 Å². The number of nitrogens with zero attached hydrogens (tertiary/aromatic N) is 6. The second-order valence-corrected chi connectivity index (χ2v) is 14.8. The molecule has 4 heterocycles. The Labute approximate surface area is 238 Å². The molecule has 2 aliphatic heterocycles. The van der Waals surface area contributed by atoms with Crippen LogP contribution in [0.4, 0.5) is 5.13 Å². The van der Waals surface area contributed by atoms with Gasteiger partial charge >= 0.3 is 0 Å². The Kier molecular flexibility index (Phi) is 10.2. The maximum atomic E-state index is 13.1. The highest BCUT2D eigenvalue weighted by Crippen LogP contribution is 2.41. The minimum Gasteiger partial charge on any atom is -0.345 e. The third-order valence-electron chi connectivity index (χ3n) is 6.22. The van der Waals surface area contributed by atoms with Crippen molar-refractivity contribution in [1.29, 1.82) is 0 Å². The fraction of sp³-hybridized carbons (Fsp3) is 0.667. The molecule has 2 aromatic heterocycles. The molecule has 0 spiro atoms. The summed E-state index contributed by atoms with van der Waals surface area (Å²) in [5.41, 5.74) is 0.747. The van der Waals surface area contributed by atoms with Gasteiger partial charge in [-0.2, -0.15) is 0 Å². The van der Waals surface area contributed by atoms with Crippen molar-refractivity contribution in [2.75, 3.05) is 23.5 Å². The van der Waals surface area contributed by atoms with E-state index in [0.717, 1.165) is 36.7 Å². The summed E-state index contributed by atoms with van der Waals surface area (Å²) in [6, 6.07) is -0.514. The molecule has 214 valence electrons. The Hall–Kier alpha value is -2.28. The number of amides is 3. The first-order chi connectivity index (χ1) is 18.6. The van der Waals surface area contributed by atoms with Crippen LogP contribution in [0.5, 0.6) is 0 Å². The van der Waals surface area contributed by atoms with Crippen LogP contribution in [0.15, 0.2) is 10.5 Å². The van der Waals surface area contributed by atoms with Crippen LogP contribution in [0.2, 0.25) is 0 Å². The van der Waals surface area contributed by atoms with Crippen LogP contribution < -0.4 is 15.8 Å². The summed E-state index contributed by atoms with van der Waals surface area (Å²) in [4.78, 5) is 38.8. The Morgan fingerprint density at radius 2 is 1.87 bits per heavy atom. The van der Waals surface area contributed by atoms with Crippen LogP contribution in [0.3, 0.4) is 0 Å². The van der Waals surface area contributed by atoms with Crippen LogP contribution in [-0.2, 0) is 37.4 Å². The number of unbranched alkanes of at least 4 members (excludes halogenated alkanes) is 1. The number of aryl methyl sites for hydroxylation is 2. The number of carbonyl (C=O) groups is 3. The number of aromatic nitrogens is 5. The number of sulfonamides is 1. The Bertz CT molecular complexity index is 1270. The molecule has 3 atom stereocenters. The minimum absolute atomic E-state index is 0.00357. The summed E-state index contributed by atoms with van der Waals surface area (Å²) in [5.74, 6) is -0.524. The molecule has 0 saturated carbocycles. The molecule has 18 heteroatoms. The number of fused-ring (bicyclic) bond motifs is 1. The van der Waals surface area contributed by atoms with Crippen molar-refractivity contribution in [2.24, 2.45) is 5.14 Å². The largest absolute Gasteiger partial charge is 0.345 e. The SMILES string of the molecule is CC(=O)N[C@@H](CCCCn1cc(CCCC(=O)Nc2nnc(S(N)(=O)=O)s2)nn1)C(=O)N1CC2SCS[C@H]2C1. The Morgan fingerprint density at radius 1 is 1.13 bits per heavy atom. The topological polar surface area (TPSA) is 195 Å². The second-order valence-electron chi connectivity index (χ2n) is 9.31. The average molecular weight is 618 g/mol. The smallest absolute Gasteiger partial charge is 0.267 e. The number of carbonyl (C=O) groups excluding carboxylic acids is 3. The first-order valence-electron chi connectivity index (χ1n) is 12.4. The maximum absolute atomic E-state index is 13.1. The lowest BCUT2D eigenvalue weighted by atomic mass is 10.1. The first kappa shape index (κ1) is 29.7. The molecule has 2 saturated heterocycles. The van der Waals surface area contributed by atoms with E-state index in [0.29, 0.717) is 47.6 Å². The highest BCUT2D eigenvalue weighted by Gasteiger charge is 2.41. The van der Waals surface area contributed by atoms with Crippen LogP contribution >= 0.6 is 34.9 Å². The summed E-state index contributed by atoms with van der Waals surface area (Å²) in [7, 11) is -3.96. The number of thioether (sulfide) groups is 2. The molecule has 3 amide bonds. The molecule has 0 bridgehead atoms. The highest BCUT2D eigenvalue weighted by atomic mass is 32.2. The van der Waals surface area contributed by atoms with E-state index in [-0.39, 0.29) is 33.6 Å². The molecule has 4 rings (SSSR count). The summed E-state index contributed by atoms with van der Waals surface area (Å²) < 4.78 is 23.9. The average Bonchev–Trinajstić information content (AvgIpc) is 3.64. The van der Waals surface area contributed by atoms with E-state index in [4.69, 9.17) is 5.14 Å². The Balaban J connectivity index is 1.15. The fourth-order valence-electron chi connectivity index (χ4n) is 4.35. The molecule has 4 N–H and O–H groups in total. The van der Waals surface area contributed by atoms with Crippen molar-refractivity contribution in [3.63, 3.8) is 0 Å². The molecule has 0 aromatic carbocycles. The van der Waals surface area contributed by atoms with Gasteiger partial charge in [0.2, 0.25) is 27.2 Å². The standard InChI is InChI=1S/C21H31N9O5S4/c1-13(31)23-15(19(33)29-10-16-17(11-29)37-12-36-16)6-2-3-8-30-9-14(25-28-30)5-4-7-18(32)24-20-26-27-21(38-20)39(22,34)35/h9,15-17H,2-8,10-12H2,1H3,(H,23,31)(H2,22,34,35)(H,24,26,32)/t15-,16-,17?/m0/s1. The lowest BCUT2D eigenvalue weighted by Gasteiger charge is -2.24. The number of primary sulfonamides is 1. The van der Waals surface area contributed by atoms with Gasteiger partial charge in [0.25, 0.3) is 10.0 Å². The first-order valence-corrected chi connectivity index (χ1v) is 16.9. The summed E-state index contributed by atoms with van der Waals surface area (Å²) in [6.45, 7) is 3.56. The van der Waals surface area contributed by atoms with Crippen LogP contribution in [0, 0.1) is 0 Å². The lowest BCUT2D eigenvalue weighted by Crippen LogP contribution is -2.47. The number of hydrogen-bond donors (Lipinski definition) is 3. The molecule has 0 radical (unpaired) electrons. The molecule has 1 unspecified atom stereocenters. The second kappa shape index (κ2) is 13.4. The molecule has 2 aliphatic rings. The Morgan fingerprint density at radius 3 is 2.54 bits per heavy atom. The number of nitrogens with one attached hydrogen (secondary N) is 2. The maximum Gasteiger partial charge on any atom is 0.267 e. The van der Waals surface area contributed by atoms with E-state index in [1.165, 1.54) is 6.92 Å². The zero-order chi connectivity index (χ0) is 28.0. The van der Waals surface area contributed by atoms with E-state index in [2.05, 4.69) is 31.1 Å². The number of anilines is 1. The van der Waals surface area contributed by atoms with Gasteiger partial charge < -0.3 is 15.5 Å². The number of hydrogen-bond acceptors (Lipinski definition) is 12. The van der Waals surface area contributed by atoms with Gasteiger partial charge in [-0.05, 0) is 32.1 Å². The molecule has 39 heavy (non-hydrogen) atoms. The molecular formula is C21H31N9O5S4. The van der Waals surface area contributed by atoms with Gasteiger partial charge in [0.15, 0.2) is 0 Å². The van der Waals surface area contributed by atoms with E-state index in [9.17, 15) is 22.8 Å². The molecule has 2 aromatic rings. The van der Waals surface area contributed by atoms with Gasteiger partial charge in [-0.1, -0.05) is 16.6 Å². The molecule has 14 nitrogen and oxygen atoms in total. The fourth-order valence-corrected chi connectivity index (χ4v) is 9.06.